The molecule has 0 bridgehead atoms. The molecule has 2 aromatic rings. The highest BCUT2D eigenvalue weighted by atomic mass is 79.9. The van der Waals surface area contributed by atoms with Gasteiger partial charge in [-0.1, -0.05) is 29.5 Å². The third-order valence-corrected chi connectivity index (χ3v) is 4.46. The van der Waals surface area contributed by atoms with Gasteiger partial charge in [0.1, 0.15) is 10.0 Å². The van der Waals surface area contributed by atoms with Crippen LogP contribution in [0.3, 0.4) is 0 Å². The number of nitrogens with zero attached hydrogens (tertiary/aromatic N) is 2. The van der Waals surface area contributed by atoms with Crippen molar-refractivity contribution in [2.75, 3.05) is 0 Å². The Morgan fingerprint density at radius 3 is 2.75 bits per heavy atom. The van der Waals surface area contributed by atoms with Gasteiger partial charge in [-0.15, -0.1) is 10.2 Å². The van der Waals surface area contributed by atoms with Crippen molar-refractivity contribution in [1.29, 1.82) is 0 Å². The third kappa shape index (κ3) is 2.16. The van der Waals surface area contributed by atoms with E-state index in [-0.39, 0.29) is 6.04 Å². The van der Waals surface area contributed by atoms with Crippen LogP contribution in [0.5, 0.6) is 0 Å². The lowest BCUT2D eigenvalue weighted by atomic mass is 10.1. The molecular weight excluding hydrogens is 286 g/mol. The molecule has 0 aliphatic heterocycles. The summed E-state index contributed by atoms with van der Waals surface area (Å²) in [5.41, 5.74) is 8.03. The average Bonchev–Trinajstić information content (AvgIpc) is 2.71. The molecule has 2 rings (SSSR count). The minimum absolute atomic E-state index is 0.0603. The van der Waals surface area contributed by atoms with E-state index in [2.05, 4.69) is 39.1 Å². The van der Waals surface area contributed by atoms with Crippen LogP contribution in [0.4, 0.5) is 0 Å². The first-order valence-corrected chi connectivity index (χ1v) is 6.55. The van der Waals surface area contributed by atoms with Gasteiger partial charge >= 0.3 is 0 Å². The molecule has 1 aromatic carbocycles. The van der Waals surface area contributed by atoms with Crippen molar-refractivity contribution < 1.29 is 0 Å². The smallest absolute Gasteiger partial charge is 0.149 e. The second kappa shape index (κ2) is 4.61. The van der Waals surface area contributed by atoms with Crippen molar-refractivity contribution in [1.82, 2.24) is 10.2 Å². The first kappa shape index (κ1) is 11.7. The summed E-state index contributed by atoms with van der Waals surface area (Å²) < 4.78 is 1.07. The molecule has 0 amide bonds. The van der Waals surface area contributed by atoms with E-state index in [1.807, 2.05) is 19.1 Å². The number of halogens is 1. The summed E-state index contributed by atoms with van der Waals surface area (Å²) in [6, 6.07) is 6.04. The van der Waals surface area contributed by atoms with Gasteiger partial charge in [-0.3, -0.25) is 0 Å². The number of benzene rings is 1. The molecule has 1 unspecified atom stereocenters. The van der Waals surface area contributed by atoms with E-state index < -0.39 is 0 Å². The molecule has 0 spiro atoms. The summed E-state index contributed by atoms with van der Waals surface area (Å²) in [5, 5.41) is 10.0. The van der Waals surface area contributed by atoms with Crippen LogP contribution in [0.25, 0.3) is 10.6 Å². The van der Waals surface area contributed by atoms with Crippen molar-refractivity contribution in [3.8, 4) is 10.6 Å². The van der Waals surface area contributed by atoms with Gasteiger partial charge in [-0.25, -0.2) is 0 Å². The second-order valence-electron chi connectivity index (χ2n) is 3.67. The fraction of sp³-hybridized carbons (Fsp3) is 0.273. The van der Waals surface area contributed by atoms with Gasteiger partial charge in [0.25, 0.3) is 0 Å². The lowest BCUT2D eigenvalue weighted by Gasteiger charge is -2.02. The van der Waals surface area contributed by atoms with Crippen LogP contribution < -0.4 is 5.73 Å². The Bertz CT molecular complexity index is 508. The normalized spacial score (nSPS) is 12.8. The number of nitrogens with two attached hydrogens (primary N) is 1. The second-order valence-corrected chi connectivity index (χ2v) is 5.47. The lowest BCUT2D eigenvalue weighted by molar-refractivity contribution is 0.786. The van der Waals surface area contributed by atoms with E-state index in [4.69, 9.17) is 5.73 Å². The van der Waals surface area contributed by atoms with Gasteiger partial charge in [-0.05, 0) is 35.3 Å². The highest BCUT2D eigenvalue weighted by Gasteiger charge is 2.12. The SMILES string of the molecule is Cc1cccc(-c2nnc(C(C)N)s2)c1Br. The Kier molecular flexibility index (Phi) is 3.37. The molecule has 3 nitrogen and oxygen atoms in total. The zero-order valence-corrected chi connectivity index (χ0v) is 11.5. The van der Waals surface area contributed by atoms with E-state index in [1.165, 1.54) is 16.9 Å². The summed E-state index contributed by atoms with van der Waals surface area (Å²) in [7, 11) is 0. The Morgan fingerprint density at radius 2 is 2.12 bits per heavy atom. The third-order valence-electron chi connectivity index (χ3n) is 2.25. The molecule has 0 radical (unpaired) electrons. The molecule has 0 aliphatic carbocycles. The van der Waals surface area contributed by atoms with E-state index >= 15 is 0 Å². The van der Waals surface area contributed by atoms with Crippen molar-refractivity contribution in [2.24, 2.45) is 5.73 Å². The summed E-state index contributed by atoms with van der Waals surface area (Å²) in [5.74, 6) is 0. The summed E-state index contributed by atoms with van der Waals surface area (Å²) in [6.07, 6.45) is 0. The number of hydrogen-bond acceptors (Lipinski definition) is 4. The molecule has 1 atom stereocenters. The highest BCUT2D eigenvalue weighted by Crippen LogP contribution is 2.33. The van der Waals surface area contributed by atoms with Crippen LogP contribution in [-0.4, -0.2) is 10.2 Å². The zero-order chi connectivity index (χ0) is 11.7. The van der Waals surface area contributed by atoms with Gasteiger partial charge in [0.2, 0.25) is 0 Å². The Labute approximate surface area is 107 Å². The number of rotatable bonds is 2. The molecular formula is C11H12BrN3S. The maximum absolute atomic E-state index is 5.77. The molecule has 1 heterocycles. The molecule has 0 saturated heterocycles. The van der Waals surface area contributed by atoms with Crippen LogP contribution in [0, 0.1) is 6.92 Å². The van der Waals surface area contributed by atoms with Crippen molar-refractivity contribution >= 4 is 27.3 Å². The largest absolute Gasteiger partial charge is 0.322 e. The highest BCUT2D eigenvalue weighted by molar-refractivity contribution is 9.10. The first-order valence-electron chi connectivity index (χ1n) is 4.94. The topological polar surface area (TPSA) is 51.8 Å². The standard InChI is InChI=1S/C11H12BrN3S/c1-6-4-3-5-8(9(6)12)11-15-14-10(16-11)7(2)13/h3-5,7H,13H2,1-2H3. The van der Waals surface area contributed by atoms with Crippen LogP contribution in [-0.2, 0) is 0 Å². The summed E-state index contributed by atoms with van der Waals surface area (Å²) in [6.45, 7) is 3.97. The lowest BCUT2D eigenvalue weighted by Crippen LogP contribution is -2.03. The zero-order valence-electron chi connectivity index (χ0n) is 9.07. The molecule has 0 aliphatic rings. The van der Waals surface area contributed by atoms with E-state index in [0.29, 0.717) is 0 Å². The first-order chi connectivity index (χ1) is 7.59. The minimum atomic E-state index is -0.0603. The number of aryl methyl sites for hydroxylation is 1. The average molecular weight is 298 g/mol. The minimum Gasteiger partial charge on any atom is -0.322 e. The molecule has 0 fully saturated rings. The monoisotopic (exact) mass is 297 g/mol. The Morgan fingerprint density at radius 1 is 1.38 bits per heavy atom. The molecule has 84 valence electrons. The van der Waals surface area contributed by atoms with Crippen molar-refractivity contribution in [3.63, 3.8) is 0 Å². The predicted octanol–water partition coefficient (Wildman–Crippen LogP) is 3.30. The number of hydrogen-bond donors (Lipinski definition) is 1. The van der Waals surface area contributed by atoms with Crippen LogP contribution in [0.15, 0.2) is 22.7 Å². The van der Waals surface area contributed by atoms with Gasteiger partial charge < -0.3 is 5.73 Å². The fourth-order valence-corrected chi connectivity index (χ4v) is 2.75. The number of aromatic nitrogens is 2. The fourth-order valence-electron chi connectivity index (χ4n) is 1.34. The molecule has 5 heteroatoms. The summed E-state index contributed by atoms with van der Waals surface area (Å²) in [4.78, 5) is 0. The van der Waals surface area contributed by atoms with Gasteiger partial charge in [-0.2, -0.15) is 0 Å². The Hall–Kier alpha value is -0.780. The molecule has 1 aromatic heterocycles. The van der Waals surface area contributed by atoms with Gasteiger partial charge in [0, 0.05) is 10.0 Å². The Balaban J connectivity index is 2.47. The van der Waals surface area contributed by atoms with Gasteiger partial charge in [0.15, 0.2) is 0 Å². The van der Waals surface area contributed by atoms with Gasteiger partial charge in [0.05, 0.1) is 6.04 Å². The predicted molar refractivity (Wildman–Crippen MR) is 70.4 cm³/mol. The molecule has 2 N–H and O–H groups in total. The van der Waals surface area contributed by atoms with E-state index in [0.717, 1.165) is 20.1 Å². The van der Waals surface area contributed by atoms with Crippen molar-refractivity contribution in [3.05, 3.63) is 33.2 Å². The maximum Gasteiger partial charge on any atom is 0.149 e. The van der Waals surface area contributed by atoms with E-state index in [9.17, 15) is 0 Å². The quantitative estimate of drug-likeness (QED) is 0.925. The van der Waals surface area contributed by atoms with Crippen LogP contribution in [0.2, 0.25) is 0 Å². The maximum atomic E-state index is 5.77. The van der Waals surface area contributed by atoms with Crippen molar-refractivity contribution in [2.45, 2.75) is 19.9 Å². The van der Waals surface area contributed by atoms with E-state index in [1.54, 1.807) is 0 Å². The molecule has 16 heavy (non-hydrogen) atoms. The summed E-state index contributed by atoms with van der Waals surface area (Å²) >= 11 is 5.11. The molecule has 0 saturated carbocycles. The van der Waals surface area contributed by atoms with Crippen LogP contribution >= 0.6 is 27.3 Å². The van der Waals surface area contributed by atoms with Crippen LogP contribution in [0.1, 0.15) is 23.5 Å².